The predicted octanol–water partition coefficient (Wildman–Crippen LogP) is 3.13. The fraction of sp³-hybridized carbons (Fsp3) is 0.136. The molecular weight excluding hydrogens is 385 g/mol. The summed E-state index contributed by atoms with van der Waals surface area (Å²) >= 11 is 0. The molecule has 1 heterocycles. The van der Waals surface area contributed by atoms with Crippen LogP contribution in [0.1, 0.15) is 40.0 Å². The van der Waals surface area contributed by atoms with Crippen molar-refractivity contribution in [3.8, 4) is 6.07 Å². The fourth-order valence-corrected chi connectivity index (χ4v) is 2.83. The van der Waals surface area contributed by atoms with Crippen LogP contribution in [0.2, 0.25) is 0 Å². The highest BCUT2D eigenvalue weighted by Crippen LogP contribution is 2.19. The number of anilines is 1. The number of carbonyl (C=O) groups excluding carboxylic acids is 1. The lowest BCUT2D eigenvalue weighted by molar-refractivity contribution is 0.0940. The molecule has 3 aromatic rings. The van der Waals surface area contributed by atoms with Gasteiger partial charge in [-0.2, -0.15) is 5.26 Å². The highest BCUT2D eigenvalue weighted by Gasteiger charge is 2.17. The summed E-state index contributed by atoms with van der Waals surface area (Å²) in [6.07, 6.45) is 1.32. The van der Waals surface area contributed by atoms with Gasteiger partial charge in [0.1, 0.15) is 31.4 Å². The van der Waals surface area contributed by atoms with E-state index in [1.54, 1.807) is 25.1 Å². The summed E-state index contributed by atoms with van der Waals surface area (Å²) in [5, 5.41) is 14.9. The SMILES string of the molecule is [B]c1ccc(CNc2ncc(C#N)cc2C(=O)N[C@@H](C)c2ccc(F)cc2)c(F)c1. The zero-order valence-corrected chi connectivity index (χ0v) is 16.1. The number of aromatic nitrogens is 1. The molecule has 5 nitrogen and oxygen atoms in total. The van der Waals surface area contributed by atoms with Crippen LogP contribution in [0.3, 0.4) is 0 Å². The normalized spacial score (nSPS) is 11.4. The summed E-state index contributed by atoms with van der Waals surface area (Å²) in [6.45, 7) is 1.82. The topological polar surface area (TPSA) is 77.8 Å². The molecule has 1 amide bonds. The van der Waals surface area contributed by atoms with Gasteiger partial charge in [-0.3, -0.25) is 4.79 Å². The minimum atomic E-state index is -0.480. The van der Waals surface area contributed by atoms with Gasteiger partial charge in [0.2, 0.25) is 0 Å². The number of amides is 1. The number of pyridine rings is 1. The third-order valence-electron chi connectivity index (χ3n) is 4.50. The molecule has 0 fully saturated rings. The second-order valence-electron chi connectivity index (χ2n) is 6.68. The Morgan fingerprint density at radius 1 is 1.20 bits per heavy atom. The van der Waals surface area contributed by atoms with E-state index in [-0.39, 0.29) is 29.3 Å². The lowest BCUT2D eigenvalue weighted by Gasteiger charge is -2.17. The van der Waals surface area contributed by atoms with E-state index in [4.69, 9.17) is 13.1 Å². The molecule has 0 saturated carbocycles. The smallest absolute Gasteiger partial charge is 0.255 e. The molecule has 1 atom stereocenters. The first-order chi connectivity index (χ1) is 14.4. The van der Waals surface area contributed by atoms with Gasteiger partial charge in [-0.1, -0.05) is 29.7 Å². The van der Waals surface area contributed by atoms with Gasteiger partial charge in [0.25, 0.3) is 5.91 Å². The molecule has 0 bridgehead atoms. The van der Waals surface area contributed by atoms with Crippen LogP contribution in [0.4, 0.5) is 14.6 Å². The van der Waals surface area contributed by atoms with Gasteiger partial charge < -0.3 is 10.6 Å². The number of nitrogens with one attached hydrogen (secondary N) is 2. The van der Waals surface area contributed by atoms with Crippen molar-refractivity contribution in [3.63, 3.8) is 0 Å². The van der Waals surface area contributed by atoms with Crippen LogP contribution in [-0.2, 0) is 6.54 Å². The van der Waals surface area contributed by atoms with Gasteiger partial charge in [0, 0.05) is 18.3 Å². The number of carbonyl (C=O) groups is 1. The molecule has 3 rings (SSSR count). The van der Waals surface area contributed by atoms with Crippen LogP contribution in [0, 0.1) is 23.0 Å². The van der Waals surface area contributed by atoms with Gasteiger partial charge in [-0.05, 0) is 36.8 Å². The Kier molecular flexibility index (Phi) is 6.43. The molecule has 0 unspecified atom stereocenters. The molecule has 2 aromatic carbocycles. The second-order valence-corrected chi connectivity index (χ2v) is 6.68. The van der Waals surface area contributed by atoms with E-state index in [9.17, 15) is 13.6 Å². The number of hydrogen-bond donors (Lipinski definition) is 2. The number of nitrogens with zero attached hydrogens (tertiary/aromatic N) is 2. The Balaban J connectivity index is 1.80. The van der Waals surface area contributed by atoms with Crippen molar-refractivity contribution in [3.05, 3.63) is 88.6 Å². The van der Waals surface area contributed by atoms with E-state index in [2.05, 4.69) is 15.6 Å². The van der Waals surface area contributed by atoms with Crippen molar-refractivity contribution in [1.29, 1.82) is 5.26 Å². The largest absolute Gasteiger partial charge is 0.365 e. The number of rotatable bonds is 6. The molecule has 2 radical (unpaired) electrons. The van der Waals surface area contributed by atoms with Crippen LogP contribution >= 0.6 is 0 Å². The van der Waals surface area contributed by atoms with Gasteiger partial charge in [-0.25, -0.2) is 13.8 Å². The van der Waals surface area contributed by atoms with E-state index >= 15 is 0 Å². The van der Waals surface area contributed by atoms with Crippen molar-refractivity contribution in [2.45, 2.75) is 19.5 Å². The molecule has 1 aromatic heterocycles. The lowest BCUT2D eigenvalue weighted by atomic mass is 9.95. The van der Waals surface area contributed by atoms with Crippen molar-refractivity contribution in [1.82, 2.24) is 10.3 Å². The van der Waals surface area contributed by atoms with E-state index in [1.807, 2.05) is 6.07 Å². The number of nitriles is 1. The Morgan fingerprint density at radius 2 is 1.93 bits per heavy atom. The predicted molar refractivity (Wildman–Crippen MR) is 110 cm³/mol. The van der Waals surface area contributed by atoms with Crippen LogP contribution in [0.25, 0.3) is 0 Å². The fourth-order valence-electron chi connectivity index (χ4n) is 2.83. The minimum Gasteiger partial charge on any atom is -0.365 e. The Hall–Kier alpha value is -3.73. The maximum atomic E-state index is 14.0. The zero-order chi connectivity index (χ0) is 21.7. The molecule has 0 aliphatic heterocycles. The maximum Gasteiger partial charge on any atom is 0.255 e. The molecule has 0 aliphatic carbocycles. The van der Waals surface area contributed by atoms with Crippen molar-refractivity contribution >= 4 is 25.0 Å². The quantitative estimate of drug-likeness (QED) is 0.622. The lowest BCUT2D eigenvalue weighted by Crippen LogP contribution is -2.28. The number of hydrogen-bond acceptors (Lipinski definition) is 4. The van der Waals surface area contributed by atoms with Crippen LogP contribution < -0.4 is 16.1 Å². The average molecular weight is 402 g/mol. The summed E-state index contributed by atoms with van der Waals surface area (Å²) in [6, 6.07) is 13.0. The van der Waals surface area contributed by atoms with E-state index in [1.165, 1.54) is 36.5 Å². The number of halogens is 2. The molecule has 0 saturated heterocycles. The van der Waals surface area contributed by atoms with Crippen molar-refractivity contribution < 1.29 is 13.6 Å². The maximum absolute atomic E-state index is 14.0. The third-order valence-corrected chi connectivity index (χ3v) is 4.50. The van der Waals surface area contributed by atoms with E-state index < -0.39 is 17.8 Å². The summed E-state index contributed by atoms with van der Waals surface area (Å²) in [4.78, 5) is 17.0. The van der Waals surface area contributed by atoms with Crippen molar-refractivity contribution in [2.24, 2.45) is 0 Å². The summed E-state index contributed by atoms with van der Waals surface area (Å²) in [7, 11) is 5.56. The molecule has 2 N–H and O–H groups in total. The van der Waals surface area contributed by atoms with Crippen LogP contribution in [0.15, 0.2) is 54.7 Å². The van der Waals surface area contributed by atoms with Crippen LogP contribution in [-0.4, -0.2) is 18.7 Å². The standard InChI is InChI=1S/C22H17BF2N4O/c1-13(15-3-6-18(24)7-4-15)29-22(30)19-8-14(10-26)11-27-21(19)28-12-16-2-5-17(23)9-20(16)25/h2-9,11,13H,12H2,1H3,(H,27,28)(H,29,30)/t13-/m0/s1. The van der Waals surface area contributed by atoms with Gasteiger partial charge >= 0.3 is 0 Å². The monoisotopic (exact) mass is 402 g/mol. The Morgan fingerprint density at radius 3 is 2.60 bits per heavy atom. The molecule has 30 heavy (non-hydrogen) atoms. The molecule has 148 valence electrons. The highest BCUT2D eigenvalue weighted by atomic mass is 19.1. The van der Waals surface area contributed by atoms with Crippen LogP contribution in [0.5, 0.6) is 0 Å². The Labute approximate surface area is 174 Å². The first-order valence-electron chi connectivity index (χ1n) is 9.11. The summed E-state index contributed by atoms with van der Waals surface area (Å²) < 4.78 is 27.2. The summed E-state index contributed by atoms with van der Waals surface area (Å²) in [5.74, 6) is -1.12. The van der Waals surface area contributed by atoms with Gasteiger partial charge in [-0.15, -0.1) is 0 Å². The van der Waals surface area contributed by atoms with Gasteiger partial charge in [0.05, 0.1) is 17.2 Å². The highest BCUT2D eigenvalue weighted by molar-refractivity contribution is 6.32. The first-order valence-corrected chi connectivity index (χ1v) is 9.11. The van der Waals surface area contributed by atoms with Crippen molar-refractivity contribution in [2.75, 3.05) is 5.32 Å². The molecule has 0 spiro atoms. The molecule has 0 aliphatic rings. The zero-order valence-electron chi connectivity index (χ0n) is 16.1. The minimum absolute atomic E-state index is 0.0683. The second kappa shape index (κ2) is 9.18. The Bertz CT molecular complexity index is 1110. The summed E-state index contributed by atoms with van der Waals surface area (Å²) in [5.41, 5.74) is 1.72. The van der Waals surface area contributed by atoms with E-state index in [0.717, 1.165) is 0 Å². The first kappa shape index (κ1) is 21.0. The van der Waals surface area contributed by atoms with Gasteiger partial charge in [0.15, 0.2) is 0 Å². The third kappa shape index (κ3) is 5.00. The average Bonchev–Trinajstić information content (AvgIpc) is 2.73. The molecular formula is C22H17BF2N4O. The van der Waals surface area contributed by atoms with E-state index in [0.29, 0.717) is 16.6 Å². The molecule has 8 heteroatoms. The number of benzene rings is 2.